The molecule has 1 amide bonds. The standard InChI is InChI=1S/C12H22N2O/c1-10-11(6-5-7-13-10)12(15)14-8-3-2-4-9-14/h10-11,13H,2-9H2,1H3. The average molecular weight is 210 g/mol. The molecule has 2 rings (SSSR count). The number of nitrogens with one attached hydrogen (secondary N) is 1. The molecule has 0 aromatic carbocycles. The van der Waals surface area contributed by atoms with Crippen molar-refractivity contribution >= 4 is 5.91 Å². The summed E-state index contributed by atoms with van der Waals surface area (Å²) in [7, 11) is 0. The fourth-order valence-electron chi connectivity index (χ4n) is 2.73. The van der Waals surface area contributed by atoms with Gasteiger partial charge in [0.1, 0.15) is 0 Å². The predicted octanol–water partition coefficient (Wildman–Crippen LogP) is 1.39. The molecule has 2 aliphatic rings. The zero-order valence-electron chi connectivity index (χ0n) is 9.67. The van der Waals surface area contributed by atoms with Crippen molar-refractivity contribution in [3.8, 4) is 0 Å². The van der Waals surface area contributed by atoms with E-state index in [9.17, 15) is 4.79 Å². The Labute approximate surface area is 92.2 Å². The number of nitrogens with zero attached hydrogens (tertiary/aromatic N) is 1. The van der Waals surface area contributed by atoms with Crippen LogP contribution in [0.15, 0.2) is 0 Å². The van der Waals surface area contributed by atoms with E-state index < -0.39 is 0 Å². The van der Waals surface area contributed by atoms with Crippen LogP contribution in [-0.4, -0.2) is 36.5 Å². The van der Waals surface area contributed by atoms with Gasteiger partial charge in [-0.3, -0.25) is 4.79 Å². The van der Waals surface area contributed by atoms with Gasteiger partial charge in [0.05, 0.1) is 5.92 Å². The molecule has 3 nitrogen and oxygen atoms in total. The van der Waals surface area contributed by atoms with Crippen molar-refractivity contribution in [2.75, 3.05) is 19.6 Å². The van der Waals surface area contributed by atoms with Crippen LogP contribution in [0.25, 0.3) is 0 Å². The van der Waals surface area contributed by atoms with Gasteiger partial charge in [0.2, 0.25) is 5.91 Å². The van der Waals surface area contributed by atoms with Crippen molar-refractivity contribution in [2.45, 2.75) is 45.1 Å². The molecular weight excluding hydrogens is 188 g/mol. The van der Waals surface area contributed by atoms with Crippen LogP contribution in [0.3, 0.4) is 0 Å². The second-order valence-electron chi connectivity index (χ2n) is 4.88. The lowest BCUT2D eigenvalue weighted by Gasteiger charge is -2.35. The first-order chi connectivity index (χ1) is 7.29. The molecule has 2 fully saturated rings. The topological polar surface area (TPSA) is 32.3 Å². The van der Waals surface area contributed by atoms with Crippen LogP contribution < -0.4 is 5.32 Å². The molecule has 0 radical (unpaired) electrons. The van der Waals surface area contributed by atoms with E-state index in [2.05, 4.69) is 17.1 Å². The van der Waals surface area contributed by atoms with Gasteiger partial charge in [-0.15, -0.1) is 0 Å². The number of piperidine rings is 2. The molecule has 2 unspecified atom stereocenters. The molecule has 0 spiro atoms. The van der Waals surface area contributed by atoms with Gasteiger partial charge < -0.3 is 10.2 Å². The largest absolute Gasteiger partial charge is 0.342 e. The summed E-state index contributed by atoms with van der Waals surface area (Å²) in [5.74, 6) is 0.631. The van der Waals surface area contributed by atoms with Crippen molar-refractivity contribution < 1.29 is 4.79 Å². The minimum Gasteiger partial charge on any atom is -0.342 e. The normalized spacial score (nSPS) is 32.7. The number of carbonyl (C=O) groups is 1. The first-order valence-corrected chi connectivity index (χ1v) is 6.31. The van der Waals surface area contributed by atoms with Crippen LogP contribution in [0, 0.1) is 5.92 Å². The van der Waals surface area contributed by atoms with Gasteiger partial charge in [0, 0.05) is 19.1 Å². The summed E-state index contributed by atoms with van der Waals surface area (Å²) in [6.45, 7) is 5.20. The summed E-state index contributed by atoms with van der Waals surface area (Å²) in [5, 5.41) is 3.40. The second kappa shape index (κ2) is 4.97. The van der Waals surface area contributed by atoms with Gasteiger partial charge in [-0.05, 0) is 45.6 Å². The predicted molar refractivity (Wildman–Crippen MR) is 60.6 cm³/mol. The lowest BCUT2D eigenvalue weighted by atomic mass is 9.90. The fraction of sp³-hybridized carbons (Fsp3) is 0.917. The number of amides is 1. The summed E-state index contributed by atoms with van der Waals surface area (Å²) < 4.78 is 0. The Hall–Kier alpha value is -0.570. The molecule has 2 aliphatic heterocycles. The molecule has 1 N–H and O–H groups in total. The van der Waals surface area contributed by atoms with E-state index in [0.29, 0.717) is 11.9 Å². The SMILES string of the molecule is CC1NCCCC1C(=O)N1CCCCC1. The van der Waals surface area contributed by atoms with Crippen molar-refractivity contribution in [3.05, 3.63) is 0 Å². The van der Waals surface area contributed by atoms with Crippen molar-refractivity contribution in [1.29, 1.82) is 0 Å². The molecule has 0 aromatic heterocycles. The lowest BCUT2D eigenvalue weighted by molar-refractivity contribution is -0.138. The van der Waals surface area contributed by atoms with Crippen molar-refractivity contribution in [3.63, 3.8) is 0 Å². The molecule has 15 heavy (non-hydrogen) atoms. The first kappa shape index (κ1) is 10.9. The molecule has 0 aliphatic carbocycles. The second-order valence-corrected chi connectivity index (χ2v) is 4.88. The maximum atomic E-state index is 12.2. The number of likely N-dealkylation sites (tertiary alicyclic amines) is 1. The average Bonchev–Trinajstić information content (AvgIpc) is 2.30. The monoisotopic (exact) mass is 210 g/mol. The van der Waals surface area contributed by atoms with Crippen LogP contribution >= 0.6 is 0 Å². The third-order valence-corrected chi connectivity index (χ3v) is 3.75. The van der Waals surface area contributed by atoms with Crippen molar-refractivity contribution in [2.24, 2.45) is 5.92 Å². The minimum absolute atomic E-state index is 0.233. The van der Waals surface area contributed by atoms with Gasteiger partial charge in [-0.2, -0.15) is 0 Å². The van der Waals surface area contributed by atoms with E-state index in [1.54, 1.807) is 0 Å². The quantitative estimate of drug-likeness (QED) is 0.709. The van der Waals surface area contributed by atoms with Crippen LogP contribution in [0.5, 0.6) is 0 Å². The van der Waals surface area contributed by atoms with Crippen LogP contribution in [-0.2, 0) is 4.79 Å². The Morgan fingerprint density at radius 2 is 1.93 bits per heavy atom. The minimum atomic E-state index is 0.233. The highest BCUT2D eigenvalue weighted by Gasteiger charge is 2.31. The van der Waals surface area contributed by atoms with Crippen LogP contribution in [0.1, 0.15) is 39.0 Å². The molecule has 86 valence electrons. The Kier molecular flexibility index (Phi) is 3.62. The highest BCUT2D eigenvalue weighted by Crippen LogP contribution is 2.21. The summed E-state index contributed by atoms with van der Waals surface area (Å²) in [5.41, 5.74) is 0. The zero-order chi connectivity index (χ0) is 10.7. The third kappa shape index (κ3) is 2.51. The van der Waals surface area contributed by atoms with Crippen molar-refractivity contribution in [1.82, 2.24) is 10.2 Å². The smallest absolute Gasteiger partial charge is 0.227 e. The molecule has 2 saturated heterocycles. The Morgan fingerprint density at radius 3 is 2.60 bits per heavy atom. The Morgan fingerprint density at radius 1 is 1.20 bits per heavy atom. The maximum absolute atomic E-state index is 12.2. The van der Waals surface area contributed by atoms with E-state index in [1.807, 2.05) is 0 Å². The number of rotatable bonds is 1. The first-order valence-electron chi connectivity index (χ1n) is 6.31. The summed E-state index contributed by atoms with van der Waals surface area (Å²) >= 11 is 0. The number of carbonyl (C=O) groups excluding carboxylic acids is 1. The zero-order valence-corrected chi connectivity index (χ0v) is 9.67. The van der Waals surface area contributed by atoms with E-state index in [4.69, 9.17) is 0 Å². The van der Waals surface area contributed by atoms with Gasteiger partial charge in [-0.1, -0.05) is 0 Å². The van der Waals surface area contributed by atoms with E-state index in [1.165, 1.54) is 19.3 Å². The van der Waals surface area contributed by atoms with Gasteiger partial charge in [-0.25, -0.2) is 0 Å². The Bertz CT molecular complexity index is 224. The van der Waals surface area contributed by atoms with Gasteiger partial charge >= 0.3 is 0 Å². The van der Waals surface area contributed by atoms with E-state index in [0.717, 1.165) is 32.5 Å². The highest BCUT2D eigenvalue weighted by molar-refractivity contribution is 5.79. The molecule has 0 aromatic rings. The molecule has 2 heterocycles. The number of hydrogen-bond acceptors (Lipinski definition) is 2. The number of hydrogen-bond donors (Lipinski definition) is 1. The maximum Gasteiger partial charge on any atom is 0.227 e. The van der Waals surface area contributed by atoms with Gasteiger partial charge in [0.25, 0.3) is 0 Å². The summed E-state index contributed by atoms with van der Waals surface area (Å²) in [6, 6.07) is 0.369. The Balaban J connectivity index is 1.92. The molecule has 2 atom stereocenters. The van der Waals surface area contributed by atoms with E-state index in [-0.39, 0.29) is 5.92 Å². The van der Waals surface area contributed by atoms with Gasteiger partial charge in [0.15, 0.2) is 0 Å². The fourth-order valence-corrected chi connectivity index (χ4v) is 2.73. The highest BCUT2D eigenvalue weighted by atomic mass is 16.2. The summed E-state index contributed by atoms with van der Waals surface area (Å²) in [6.07, 6.45) is 5.90. The summed E-state index contributed by atoms with van der Waals surface area (Å²) in [4.78, 5) is 14.3. The molecular formula is C12H22N2O. The molecule has 0 bridgehead atoms. The third-order valence-electron chi connectivity index (χ3n) is 3.75. The molecule has 0 saturated carbocycles. The lowest BCUT2D eigenvalue weighted by Crippen LogP contribution is -2.49. The van der Waals surface area contributed by atoms with Crippen LogP contribution in [0.2, 0.25) is 0 Å². The molecule has 3 heteroatoms. The van der Waals surface area contributed by atoms with E-state index >= 15 is 0 Å². The van der Waals surface area contributed by atoms with Crippen LogP contribution in [0.4, 0.5) is 0 Å².